The molecule has 2 rings (SSSR count). The number of hydrogen-bond donors (Lipinski definition) is 3. The van der Waals surface area contributed by atoms with Crippen LogP contribution in [0.5, 0.6) is 0 Å². The fraction of sp³-hybridized carbons (Fsp3) is 0.692. The van der Waals surface area contributed by atoms with Crippen molar-refractivity contribution in [2.75, 3.05) is 17.6 Å². The van der Waals surface area contributed by atoms with Gasteiger partial charge in [0.2, 0.25) is 0 Å². The van der Waals surface area contributed by atoms with Gasteiger partial charge < -0.3 is 16.2 Å². The maximum Gasteiger partial charge on any atom is 0.146 e. The van der Waals surface area contributed by atoms with Gasteiger partial charge in [0.25, 0.3) is 0 Å². The summed E-state index contributed by atoms with van der Waals surface area (Å²) in [4.78, 5) is 8.01. The van der Waals surface area contributed by atoms with Crippen LogP contribution in [0.3, 0.4) is 0 Å². The van der Waals surface area contributed by atoms with Crippen LogP contribution in [-0.4, -0.2) is 27.2 Å². The fourth-order valence-corrected chi connectivity index (χ4v) is 2.67. The highest BCUT2D eigenvalue weighted by molar-refractivity contribution is 9.10. The average Bonchev–Trinajstić information content (AvgIpc) is 2.36. The third-order valence-electron chi connectivity index (χ3n) is 3.94. The average molecular weight is 329 g/mol. The van der Waals surface area contributed by atoms with E-state index in [-0.39, 0.29) is 0 Å². The molecule has 0 spiro atoms. The molecule has 4 N–H and O–H groups in total. The Morgan fingerprint density at radius 1 is 1.32 bits per heavy atom. The highest BCUT2D eigenvalue weighted by Crippen LogP contribution is 2.40. The lowest BCUT2D eigenvalue weighted by Gasteiger charge is -2.40. The Balaban J connectivity index is 1.97. The molecule has 0 amide bonds. The van der Waals surface area contributed by atoms with Crippen LogP contribution in [0.4, 0.5) is 11.6 Å². The minimum Gasteiger partial charge on any atom is -0.388 e. The van der Waals surface area contributed by atoms with E-state index in [1.165, 1.54) is 6.33 Å². The number of anilines is 2. The molecule has 0 saturated heterocycles. The van der Waals surface area contributed by atoms with Crippen molar-refractivity contribution in [2.45, 2.75) is 45.1 Å². The number of aromatic nitrogens is 2. The first kappa shape index (κ1) is 14.5. The van der Waals surface area contributed by atoms with Crippen LogP contribution < -0.4 is 11.1 Å². The van der Waals surface area contributed by atoms with Gasteiger partial charge in [0.15, 0.2) is 0 Å². The van der Waals surface area contributed by atoms with Gasteiger partial charge in [-0.1, -0.05) is 13.8 Å². The van der Waals surface area contributed by atoms with E-state index in [1.54, 1.807) is 0 Å². The molecule has 19 heavy (non-hydrogen) atoms. The monoisotopic (exact) mass is 328 g/mol. The van der Waals surface area contributed by atoms with Gasteiger partial charge in [0.05, 0.1) is 5.60 Å². The van der Waals surface area contributed by atoms with Crippen LogP contribution in [0.25, 0.3) is 0 Å². The number of rotatable bonds is 3. The first-order valence-electron chi connectivity index (χ1n) is 6.54. The van der Waals surface area contributed by atoms with Crippen molar-refractivity contribution in [3.8, 4) is 0 Å². The van der Waals surface area contributed by atoms with Crippen molar-refractivity contribution in [3.63, 3.8) is 0 Å². The molecule has 6 heteroatoms. The van der Waals surface area contributed by atoms with Gasteiger partial charge in [0, 0.05) is 6.54 Å². The summed E-state index contributed by atoms with van der Waals surface area (Å²) in [7, 11) is 0. The number of hydrogen-bond acceptors (Lipinski definition) is 5. The minimum atomic E-state index is -0.658. The highest BCUT2D eigenvalue weighted by Gasteiger charge is 2.36. The summed E-state index contributed by atoms with van der Waals surface area (Å²) < 4.78 is 0.648. The molecule has 0 atom stereocenters. The van der Waals surface area contributed by atoms with Crippen molar-refractivity contribution < 1.29 is 5.11 Å². The molecule has 1 aliphatic carbocycles. The maximum atomic E-state index is 10.6. The molecule has 1 aromatic heterocycles. The van der Waals surface area contributed by atoms with Crippen LogP contribution in [-0.2, 0) is 0 Å². The second kappa shape index (κ2) is 5.25. The second-order valence-electron chi connectivity index (χ2n) is 6.16. The predicted octanol–water partition coefficient (Wildman–Crippen LogP) is 2.56. The summed E-state index contributed by atoms with van der Waals surface area (Å²) >= 11 is 3.35. The van der Waals surface area contributed by atoms with Gasteiger partial charge in [-0.15, -0.1) is 0 Å². The summed E-state index contributed by atoms with van der Waals surface area (Å²) in [5, 5.41) is 13.7. The van der Waals surface area contributed by atoms with E-state index < -0.39 is 5.60 Å². The lowest BCUT2D eigenvalue weighted by atomic mass is 9.71. The largest absolute Gasteiger partial charge is 0.388 e. The number of nitrogen functional groups attached to an aromatic ring is 1. The van der Waals surface area contributed by atoms with E-state index in [1.807, 2.05) is 0 Å². The smallest absolute Gasteiger partial charge is 0.146 e. The zero-order valence-electron chi connectivity index (χ0n) is 11.4. The lowest BCUT2D eigenvalue weighted by Crippen LogP contribution is -2.42. The Morgan fingerprint density at radius 2 is 1.95 bits per heavy atom. The molecule has 5 nitrogen and oxygen atoms in total. The van der Waals surface area contributed by atoms with Crippen molar-refractivity contribution >= 4 is 27.6 Å². The highest BCUT2D eigenvalue weighted by atomic mass is 79.9. The number of nitrogens with zero attached hydrogens (tertiary/aromatic N) is 2. The minimum absolute atomic E-state index is 0.339. The predicted molar refractivity (Wildman–Crippen MR) is 79.8 cm³/mol. The zero-order chi connectivity index (χ0) is 14.1. The summed E-state index contributed by atoms with van der Waals surface area (Å²) in [6, 6.07) is 0. The number of nitrogens with two attached hydrogens (primary N) is 1. The molecule has 1 saturated carbocycles. The van der Waals surface area contributed by atoms with Gasteiger partial charge in [0.1, 0.15) is 22.4 Å². The van der Waals surface area contributed by atoms with E-state index >= 15 is 0 Å². The molecule has 0 radical (unpaired) electrons. The molecule has 0 bridgehead atoms. The Labute approximate surface area is 122 Å². The first-order valence-corrected chi connectivity index (χ1v) is 7.33. The van der Waals surface area contributed by atoms with Crippen LogP contribution in [0.2, 0.25) is 0 Å². The summed E-state index contributed by atoms with van der Waals surface area (Å²) in [5.41, 5.74) is 5.38. The van der Waals surface area contributed by atoms with Gasteiger partial charge in [-0.2, -0.15) is 0 Å². The van der Waals surface area contributed by atoms with Crippen molar-refractivity contribution in [1.82, 2.24) is 9.97 Å². The van der Waals surface area contributed by atoms with E-state index in [4.69, 9.17) is 5.73 Å². The topological polar surface area (TPSA) is 84.1 Å². The van der Waals surface area contributed by atoms with Crippen LogP contribution >= 0.6 is 15.9 Å². The first-order chi connectivity index (χ1) is 8.81. The van der Waals surface area contributed by atoms with Gasteiger partial charge in [-0.25, -0.2) is 9.97 Å². The molecule has 1 fully saturated rings. The van der Waals surface area contributed by atoms with Crippen molar-refractivity contribution in [2.24, 2.45) is 5.41 Å². The third-order valence-corrected chi connectivity index (χ3v) is 4.72. The van der Waals surface area contributed by atoms with Gasteiger partial charge in [-0.05, 0) is 47.0 Å². The molecule has 0 aromatic carbocycles. The number of nitrogens with one attached hydrogen (secondary N) is 1. The van der Waals surface area contributed by atoms with E-state index in [0.29, 0.717) is 28.1 Å². The van der Waals surface area contributed by atoms with E-state index in [0.717, 1.165) is 25.7 Å². The van der Waals surface area contributed by atoms with Crippen LogP contribution in [0.1, 0.15) is 39.5 Å². The molecular weight excluding hydrogens is 308 g/mol. The van der Waals surface area contributed by atoms with Gasteiger partial charge >= 0.3 is 0 Å². The molecule has 0 aliphatic heterocycles. The maximum absolute atomic E-state index is 10.6. The molecular formula is C13H21BrN4O. The van der Waals surface area contributed by atoms with E-state index in [9.17, 15) is 5.11 Å². The van der Waals surface area contributed by atoms with Crippen molar-refractivity contribution in [1.29, 1.82) is 0 Å². The zero-order valence-corrected chi connectivity index (χ0v) is 13.0. The standard InChI is InChI=1S/C13H21BrN4O/c1-12(2)3-5-13(19,6-4-12)7-16-11-9(14)10(15)17-8-18-11/h8,19H,3-7H2,1-2H3,(H3,15,16,17,18). The summed E-state index contributed by atoms with van der Waals surface area (Å²) in [5.74, 6) is 1.03. The Hall–Kier alpha value is -0.880. The quantitative estimate of drug-likeness (QED) is 0.794. The van der Waals surface area contributed by atoms with Crippen molar-refractivity contribution in [3.05, 3.63) is 10.8 Å². The molecule has 0 unspecified atom stereocenters. The van der Waals surface area contributed by atoms with Gasteiger partial charge in [-0.3, -0.25) is 0 Å². The van der Waals surface area contributed by atoms with E-state index in [2.05, 4.69) is 45.1 Å². The number of aliphatic hydroxyl groups is 1. The fourth-order valence-electron chi connectivity index (χ4n) is 2.32. The number of halogens is 1. The molecule has 1 aliphatic rings. The second-order valence-corrected chi connectivity index (χ2v) is 6.96. The SMILES string of the molecule is CC1(C)CCC(O)(CNc2ncnc(N)c2Br)CC1. The Bertz CT molecular complexity index is 454. The third kappa shape index (κ3) is 3.57. The Kier molecular flexibility index (Phi) is 4.01. The normalized spacial score (nSPS) is 21.1. The molecule has 1 aromatic rings. The lowest BCUT2D eigenvalue weighted by molar-refractivity contribution is -0.0146. The molecule has 1 heterocycles. The Morgan fingerprint density at radius 3 is 2.58 bits per heavy atom. The summed E-state index contributed by atoms with van der Waals surface area (Å²) in [6.07, 6.45) is 5.11. The summed E-state index contributed by atoms with van der Waals surface area (Å²) in [6.45, 7) is 4.99. The van der Waals surface area contributed by atoms with Crippen LogP contribution in [0, 0.1) is 5.41 Å². The van der Waals surface area contributed by atoms with Crippen LogP contribution in [0.15, 0.2) is 10.8 Å². The molecule has 106 valence electrons.